The van der Waals surface area contributed by atoms with Crippen LogP contribution in [0, 0.1) is 0 Å². The van der Waals surface area contributed by atoms with Crippen molar-refractivity contribution in [2.45, 2.75) is 90.4 Å². The summed E-state index contributed by atoms with van der Waals surface area (Å²) in [4.78, 5) is 14.1. The van der Waals surface area contributed by atoms with Gasteiger partial charge in [0.1, 0.15) is 5.54 Å². The SMILES string of the molecule is CC(C)NC(C)(CC(C)N1CCCCCC1C)C(=O)O. The fourth-order valence-electron chi connectivity index (χ4n) is 3.51. The molecule has 1 aliphatic rings. The van der Waals surface area contributed by atoms with Crippen molar-refractivity contribution in [3.8, 4) is 0 Å². The Morgan fingerprint density at radius 3 is 2.55 bits per heavy atom. The summed E-state index contributed by atoms with van der Waals surface area (Å²) in [5, 5.41) is 12.8. The average molecular weight is 284 g/mol. The predicted molar refractivity (Wildman–Crippen MR) is 83.0 cm³/mol. The Bertz CT molecular complexity index is 320. The van der Waals surface area contributed by atoms with Crippen molar-refractivity contribution in [1.29, 1.82) is 0 Å². The summed E-state index contributed by atoms with van der Waals surface area (Å²) in [7, 11) is 0. The molecule has 4 heteroatoms. The minimum absolute atomic E-state index is 0.171. The number of rotatable bonds is 6. The molecule has 0 aliphatic carbocycles. The molecule has 0 spiro atoms. The monoisotopic (exact) mass is 284 g/mol. The number of nitrogens with one attached hydrogen (secondary N) is 1. The van der Waals surface area contributed by atoms with Crippen LogP contribution < -0.4 is 5.32 Å². The number of hydrogen-bond donors (Lipinski definition) is 2. The van der Waals surface area contributed by atoms with Gasteiger partial charge in [0.25, 0.3) is 0 Å². The largest absolute Gasteiger partial charge is 0.480 e. The first-order valence-electron chi connectivity index (χ1n) is 8.03. The van der Waals surface area contributed by atoms with E-state index in [0.29, 0.717) is 12.5 Å². The molecule has 3 unspecified atom stereocenters. The van der Waals surface area contributed by atoms with Crippen molar-refractivity contribution in [2.24, 2.45) is 0 Å². The van der Waals surface area contributed by atoms with Gasteiger partial charge in [-0.25, -0.2) is 0 Å². The highest BCUT2D eigenvalue weighted by Gasteiger charge is 2.37. The summed E-state index contributed by atoms with van der Waals surface area (Å²) >= 11 is 0. The van der Waals surface area contributed by atoms with E-state index in [0.717, 1.165) is 6.54 Å². The molecule has 0 amide bonds. The third kappa shape index (κ3) is 4.74. The number of hydrogen-bond acceptors (Lipinski definition) is 3. The zero-order chi connectivity index (χ0) is 15.3. The van der Waals surface area contributed by atoms with Crippen LogP contribution in [0.1, 0.15) is 66.7 Å². The van der Waals surface area contributed by atoms with Crippen molar-refractivity contribution in [3.05, 3.63) is 0 Å². The first kappa shape index (κ1) is 17.4. The van der Waals surface area contributed by atoms with Gasteiger partial charge in [0.05, 0.1) is 0 Å². The van der Waals surface area contributed by atoms with E-state index in [1.165, 1.54) is 25.7 Å². The van der Waals surface area contributed by atoms with Crippen LogP contribution in [0.15, 0.2) is 0 Å². The molecule has 2 N–H and O–H groups in total. The van der Waals surface area contributed by atoms with Crippen LogP contribution in [0.5, 0.6) is 0 Å². The van der Waals surface area contributed by atoms with Gasteiger partial charge in [-0.15, -0.1) is 0 Å². The topological polar surface area (TPSA) is 52.6 Å². The van der Waals surface area contributed by atoms with Crippen LogP contribution in [0.3, 0.4) is 0 Å². The number of carboxylic acid groups (broad SMARTS) is 1. The van der Waals surface area contributed by atoms with Crippen LogP contribution in [0.2, 0.25) is 0 Å². The lowest BCUT2D eigenvalue weighted by Crippen LogP contribution is -2.56. The zero-order valence-electron chi connectivity index (χ0n) is 13.8. The molecule has 0 saturated carbocycles. The van der Waals surface area contributed by atoms with E-state index in [2.05, 4.69) is 24.1 Å². The molecule has 0 radical (unpaired) electrons. The molecule has 1 aliphatic heterocycles. The number of aliphatic carboxylic acids is 1. The van der Waals surface area contributed by atoms with Gasteiger partial charge >= 0.3 is 5.97 Å². The van der Waals surface area contributed by atoms with Crippen molar-refractivity contribution in [1.82, 2.24) is 10.2 Å². The Labute approximate surface area is 123 Å². The fourth-order valence-corrected chi connectivity index (χ4v) is 3.51. The molecule has 1 saturated heterocycles. The molecule has 118 valence electrons. The van der Waals surface area contributed by atoms with E-state index in [4.69, 9.17) is 0 Å². The summed E-state index contributed by atoms with van der Waals surface area (Å²) in [5.41, 5.74) is -0.848. The third-order valence-electron chi connectivity index (χ3n) is 4.45. The van der Waals surface area contributed by atoms with Gasteiger partial charge < -0.3 is 5.11 Å². The van der Waals surface area contributed by atoms with Crippen LogP contribution >= 0.6 is 0 Å². The molecule has 1 rings (SSSR count). The second kappa shape index (κ2) is 7.41. The summed E-state index contributed by atoms with van der Waals surface area (Å²) in [6, 6.07) is 1.02. The first-order valence-corrected chi connectivity index (χ1v) is 8.03. The molecular formula is C16H32N2O2. The molecular weight excluding hydrogens is 252 g/mol. The third-order valence-corrected chi connectivity index (χ3v) is 4.45. The van der Waals surface area contributed by atoms with E-state index in [-0.39, 0.29) is 12.1 Å². The second-order valence-corrected chi connectivity index (χ2v) is 6.93. The normalized spacial score (nSPS) is 26.0. The quantitative estimate of drug-likeness (QED) is 0.787. The fraction of sp³-hybridized carbons (Fsp3) is 0.938. The van der Waals surface area contributed by atoms with Gasteiger partial charge in [0, 0.05) is 18.1 Å². The lowest BCUT2D eigenvalue weighted by atomic mass is 9.91. The highest BCUT2D eigenvalue weighted by atomic mass is 16.4. The van der Waals surface area contributed by atoms with E-state index >= 15 is 0 Å². The zero-order valence-corrected chi connectivity index (χ0v) is 13.8. The maximum Gasteiger partial charge on any atom is 0.323 e. The molecule has 1 fully saturated rings. The Morgan fingerprint density at radius 2 is 2.00 bits per heavy atom. The van der Waals surface area contributed by atoms with Gasteiger partial charge in [-0.2, -0.15) is 0 Å². The summed E-state index contributed by atoms with van der Waals surface area (Å²) in [6.45, 7) is 11.4. The molecule has 4 nitrogen and oxygen atoms in total. The molecule has 0 aromatic carbocycles. The van der Waals surface area contributed by atoms with Gasteiger partial charge in [-0.3, -0.25) is 15.0 Å². The van der Waals surface area contributed by atoms with E-state index in [1.807, 2.05) is 20.8 Å². The lowest BCUT2D eigenvalue weighted by molar-refractivity contribution is -0.145. The Morgan fingerprint density at radius 1 is 1.35 bits per heavy atom. The van der Waals surface area contributed by atoms with E-state index in [9.17, 15) is 9.90 Å². The number of carbonyl (C=O) groups is 1. The van der Waals surface area contributed by atoms with Crippen LogP contribution in [-0.4, -0.2) is 46.2 Å². The predicted octanol–water partition coefficient (Wildman–Crippen LogP) is 2.87. The minimum atomic E-state index is -0.848. The van der Waals surface area contributed by atoms with Gasteiger partial charge in [0.2, 0.25) is 0 Å². The maximum atomic E-state index is 11.6. The molecule has 1 heterocycles. The lowest BCUT2D eigenvalue weighted by Gasteiger charge is -2.38. The number of likely N-dealkylation sites (tertiary alicyclic amines) is 1. The van der Waals surface area contributed by atoms with Crippen molar-refractivity contribution >= 4 is 5.97 Å². The smallest absolute Gasteiger partial charge is 0.323 e. The summed E-state index contributed by atoms with van der Waals surface area (Å²) < 4.78 is 0. The van der Waals surface area contributed by atoms with Gasteiger partial charge in [-0.05, 0) is 60.4 Å². The molecule has 20 heavy (non-hydrogen) atoms. The molecule has 0 aromatic heterocycles. The summed E-state index contributed by atoms with van der Waals surface area (Å²) in [5.74, 6) is -0.750. The number of carboxylic acids is 1. The molecule has 3 atom stereocenters. The average Bonchev–Trinajstić information content (AvgIpc) is 2.52. The van der Waals surface area contributed by atoms with E-state index in [1.54, 1.807) is 0 Å². The van der Waals surface area contributed by atoms with Crippen molar-refractivity contribution in [2.75, 3.05) is 6.54 Å². The Balaban J connectivity index is 2.73. The van der Waals surface area contributed by atoms with Crippen LogP contribution in [0.4, 0.5) is 0 Å². The highest BCUT2D eigenvalue weighted by molar-refractivity contribution is 5.78. The second-order valence-electron chi connectivity index (χ2n) is 6.93. The van der Waals surface area contributed by atoms with Crippen LogP contribution in [-0.2, 0) is 4.79 Å². The Kier molecular flexibility index (Phi) is 6.46. The van der Waals surface area contributed by atoms with Crippen molar-refractivity contribution < 1.29 is 9.90 Å². The van der Waals surface area contributed by atoms with Crippen LogP contribution in [0.25, 0.3) is 0 Å². The first-order chi connectivity index (χ1) is 9.26. The standard InChI is InChI=1S/C16H32N2O2/c1-12(2)17-16(5,15(19)20)11-14(4)18-10-8-6-7-9-13(18)3/h12-14,17H,6-11H2,1-5H3,(H,19,20). The summed E-state index contributed by atoms with van der Waals surface area (Å²) in [6.07, 6.45) is 5.70. The minimum Gasteiger partial charge on any atom is -0.480 e. The highest BCUT2D eigenvalue weighted by Crippen LogP contribution is 2.24. The molecule has 0 aromatic rings. The number of nitrogens with zero attached hydrogens (tertiary/aromatic N) is 1. The Hall–Kier alpha value is -0.610. The molecule has 0 bridgehead atoms. The maximum absolute atomic E-state index is 11.6. The van der Waals surface area contributed by atoms with Gasteiger partial charge in [-0.1, -0.05) is 12.8 Å². The van der Waals surface area contributed by atoms with Crippen molar-refractivity contribution in [3.63, 3.8) is 0 Å². The van der Waals surface area contributed by atoms with Gasteiger partial charge in [0.15, 0.2) is 0 Å². The van der Waals surface area contributed by atoms with E-state index < -0.39 is 11.5 Å².